The third kappa shape index (κ3) is 5.50. The van der Waals surface area contributed by atoms with Gasteiger partial charge >= 0.3 is 5.97 Å². The summed E-state index contributed by atoms with van der Waals surface area (Å²) in [5.41, 5.74) is 3.54. The van der Waals surface area contributed by atoms with Crippen LogP contribution in [0.15, 0.2) is 87.8 Å². The fraction of sp³-hybridized carbons (Fsp3) is 0.194. The molecule has 3 aromatic carbocycles. The second-order valence-electron chi connectivity index (χ2n) is 9.27. The van der Waals surface area contributed by atoms with Gasteiger partial charge in [0.1, 0.15) is 18.2 Å². The van der Waals surface area contributed by atoms with Crippen LogP contribution in [0.5, 0.6) is 5.75 Å². The molecule has 2 heterocycles. The molecule has 1 aliphatic heterocycles. The van der Waals surface area contributed by atoms with Gasteiger partial charge in [-0.25, -0.2) is 14.2 Å². The second-order valence-corrected chi connectivity index (χ2v) is 10.7. The summed E-state index contributed by atoms with van der Waals surface area (Å²) in [5.74, 6) is -0.382. The molecule has 0 saturated heterocycles. The first-order valence-electron chi connectivity index (χ1n) is 12.7. The van der Waals surface area contributed by atoms with E-state index in [-0.39, 0.29) is 24.3 Å². The number of carbonyl (C=O) groups excluding carboxylic acids is 1. The van der Waals surface area contributed by atoms with E-state index in [1.54, 1.807) is 48.8 Å². The number of rotatable bonds is 7. The van der Waals surface area contributed by atoms with E-state index >= 15 is 0 Å². The van der Waals surface area contributed by atoms with Crippen molar-refractivity contribution in [3.8, 4) is 5.75 Å². The van der Waals surface area contributed by atoms with E-state index in [9.17, 15) is 14.0 Å². The van der Waals surface area contributed by atoms with Gasteiger partial charge in [0.25, 0.3) is 5.56 Å². The molecule has 0 aliphatic carbocycles. The monoisotopic (exact) mass is 576 g/mol. The number of aryl methyl sites for hydroxylation is 1. The number of nitrogens with zero attached hydrogens (tertiary/aromatic N) is 2. The number of aromatic nitrogens is 1. The molecule has 204 valence electrons. The number of halogens is 2. The number of esters is 1. The van der Waals surface area contributed by atoms with Gasteiger partial charge in [-0.15, -0.1) is 0 Å². The van der Waals surface area contributed by atoms with E-state index in [0.29, 0.717) is 31.4 Å². The van der Waals surface area contributed by atoms with Crippen molar-refractivity contribution >= 4 is 35.0 Å². The van der Waals surface area contributed by atoms with Crippen molar-refractivity contribution in [1.29, 1.82) is 0 Å². The number of hydrogen-bond acceptors (Lipinski definition) is 6. The largest absolute Gasteiger partial charge is 0.489 e. The maximum absolute atomic E-state index is 14.0. The van der Waals surface area contributed by atoms with E-state index in [0.717, 1.165) is 16.7 Å². The number of benzene rings is 3. The van der Waals surface area contributed by atoms with Crippen molar-refractivity contribution in [1.82, 2.24) is 4.57 Å². The van der Waals surface area contributed by atoms with Crippen molar-refractivity contribution in [2.75, 3.05) is 6.61 Å². The first kappa shape index (κ1) is 27.6. The van der Waals surface area contributed by atoms with Gasteiger partial charge in [0, 0.05) is 5.56 Å². The average Bonchev–Trinajstić information content (AvgIpc) is 3.23. The van der Waals surface area contributed by atoms with Crippen LogP contribution in [0.2, 0.25) is 5.02 Å². The van der Waals surface area contributed by atoms with Crippen LogP contribution in [-0.4, -0.2) is 17.1 Å². The van der Waals surface area contributed by atoms with Crippen LogP contribution >= 0.6 is 22.9 Å². The zero-order valence-electron chi connectivity index (χ0n) is 22.1. The normalized spacial score (nSPS) is 15.0. The molecule has 1 atom stereocenters. The summed E-state index contributed by atoms with van der Waals surface area (Å²) in [6, 6.07) is 18.7. The summed E-state index contributed by atoms with van der Waals surface area (Å²) in [4.78, 5) is 31.8. The lowest BCUT2D eigenvalue weighted by Crippen LogP contribution is -2.39. The zero-order valence-corrected chi connectivity index (χ0v) is 23.7. The number of hydrogen-bond donors (Lipinski definition) is 0. The van der Waals surface area contributed by atoms with E-state index in [1.165, 1.54) is 17.4 Å². The Labute approximate surface area is 239 Å². The highest BCUT2D eigenvalue weighted by molar-refractivity contribution is 7.07. The Morgan fingerprint density at radius 1 is 1.10 bits per heavy atom. The fourth-order valence-corrected chi connectivity index (χ4v) is 5.76. The third-order valence-electron chi connectivity index (χ3n) is 6.53. The van der Waals surface area contributed by atoms with Crippen molar-refractivity contribution in [2.24, 2.45) is 4.99 Å². The predicted molar refractivity (Wildman–Crippen MR) is 154 cm³/mol. The molecular formula is C31H26ClFN2O4S. The van der Waals surface area contributed by atoms with Gasteiger partial charge in [-0.3, -0.25) is 9.36 Å². The average molecular weight is 577 g/mol. The van der Waals surface area contributed by atoms with E-state index in [4.69, 9.17) is 21.1 Å². The Morgan fingerprint density at radius 2 is 1.82 bits per heavy atom. The van der Waals surface area contributed by atoms with Crippen LogP contribution in [0.1, 0.15) is 42.1 Å². The van der Waals surface area contributed by atoms with Crippen LogP contribution in [0.3, 0.4) is 0 Å². The first-order valence-corrected chi connectivity index (χ1v) is 13.9. The number of allylic oxidation sites excluding steroid dienone is 1. The minimum Gasteiger partial charge on any atom is -0.489 e. The second kappa shape index (κ2) is 11.6. The highest BCUT2D eigenvalue weighted by Gasteiger charge is 2.33. The lowest BCUT2D eigenvalue weighted by Gasteiger charge is -2.24. The molecule has 0 bridgehead atoms. The predicted octanol–water partition coefficient (Wildman–Crippen LogP) is 5.48. The summed E-state index contributed by atoms with van der Waals surface area (Å²) in [6.45, 7) is 5.69. The van der Waals surface area contributed by atoms with Gasteiger partial charge in [-0.1, -0.05) is 71.0 Å². The van der Waals surface area contributed by atoms with Gasteiger partial charge < -0.3 is 9.47 Å². The minimum absolute atomic E-state index is 0.00931. The summed E-state index contributed by atoms with van der Waals surface area (Å²) >= 11 is 7.34. The molecule has 4 aromatic rings. The molecule has 0 unspecified atom stereocenters. The minimum atomic E-state index is -0.654. The Kier molecular flexibility index (Phi) is 8.00. The topological polar surface area (TPSA) is 69.9 Å². The van der Waals surface area contributed by atoms with Crippen molar-refractivity contribution in [2.45, 2.75) is 33.4 Å². The smallest absolute Gasteiger partial charge is 0.338 e. The van der Waals surface area contributed by atoms with Crippen LogP contribution in [0, 0.1) is 12.7 Å². The number of carbonyl (C=O) groups is 1. The third-order valence-corrected chi connectivity index (χ3v) is 7.87. The number of thiazole rings is 1. The summed E-state index contributed by atoms with van der Waals surface area (Å²) in [7, 11) is 0. The molecule has 1 aromatic heterocycles. The maximum Gasteiger partial charge on any atom is 0.338 e. The van der Waals surface area contributed by atoms with Gasteiger partial charge in [0.05, 0.1) is 33.5 Å². The summed E-state index contributed by atoms with van der Waals surface area (Å²) in [5, 5.41) is 0.303. The molecule has 5 rings (SSSR count). The molecule has 0 spiro atoms. The number of fused-ring (bicyclic) bond motifs is 1. The van der Waals surface area contributed by atoms with Gasteiger partial charge in [0.2, 0.25) is 0 Å². The first-order chi connectivity index (χ1) is 19.3. The SMILES string of the molecule is CCOC(=O)C1=C(C)N=c2s/c(=C/c3ccc(OCc4c(F)cccc4Cl)cc3)c(=O)n2[C@H]1c1ccc(C)cc1. The summed E-state index contributed by atoms with van der Waals surface area (Å²) < 4.78 is 27.1. The number of ether oxygens (including phenoxy) is 2. The Bertz CT molecular complexity index is 1770. The van der Waals surface area contributed by atoms with E-state index in [2.05, 4.69) is 4.99 Å². The van der Waals surface area contributed by atoms with Crippen LogP contribution in [-0.2, 0) is 16.1 Å². The van der Waals surface area contributed by atoms with Gasteiger partial charge in [0.15, 0.2) is 4.80 Å². The molecule has 1 aliphatic rings. The molecule has 0 fully saturated rings. The molecule has 9 heteroatoms. The molecule has 40 heavy (non-hydrogen) atoms. The Morgan fingerprint density at radius 3 is 2.50 bits per heavy atom. The van der Waals surface area contributed by atoms with E-state index < -0.39 is 17.8 Å². The molecule has 0 amide bonds. The van der Waals surface area contributed by atoms with Gasteiger partial charge in [-0.2, -0.15) is 0 Å². The van der Waals surface area contributed by atoms with Crippen LogP contribution < -0.4 is 19.6 Å². The Balaban J connectivity index is 1.49. The van der Waals surface area contributed by atoms with Crippen LogP contribution in [0.25, 0.3) is 6.08 Å². The molecule has 0 radical (unpaired) electrons. The van der Waals surface area contributed by atoms with Crippen molar-refractivity contribution in [3.05, 3.63) is 131 Å². The zero-order chi connectivity index (χ0) is 28.4. The highest BCUT2D eigenvalue weighted by atomic mass is 35.5. The standard InChI is InChI=1S/C31H26ClFN2O4S/c1-4-38-30(37)27-19(3)34-31-35(28(27)21-12-8-18(2)9-13-21)29(36)26(40-31)16-20-10-14-22(15-11-20)39-17-23-24(32)6-5-7-25(23)33/h5-16,28H,4,17H2,1-3H3/b26-16+/t28-/m0/s1. The molecule has 0 saturated carbocycles. The molecular weight excluding hydrogens is 551 g/mol. The summed E-state index contributed by atoms with van der Waals surface area (Å²) in [6.07, 6.45) is 1.77. The van der Waals surface area contributed by atoms with Crippen molar-refractivity contribution in [3.63, 3.8) is 0 Å². The highest BCUT2D eigenvalue weighted by Crippen LogP contribution is 2.31. The fourth-order valence-electron chi connectivity index (χ4n) is 4.49. The molecule has 6 nitrogen and oxygen atoms in total. The Hall–Kier alpha value is -4.01. The molecule has 0 N–H and O–H groups in total. The van der Waals surface area contributed by atoms with E-state index in [1.807, 2.05) is 43.3 Å². The van der Waals surface area contributed by atoms with Crippen LogP contribution in [0.4, 0.5) is 4.39 Å². The lowest BCUT2D eigenvalue weighted by atomic mass is 9.95. The quantitative estimate of drug-likeness (QED) is 0.273. The van der Waals surface area contributed by atoms with Gasteiger partial charge in [-0.05, 0) is 62.2 Å². The maximum atomic E-state index is 14.0. The van der Waals surface area contributed by atoms with Crippen molar-refractivity contribution < 1.29 is 18.7 Å². The lowest BCUT2D eigenvalue weighted by molar-refractivity contribution is -0.139.